The number of hydrogen-bond donors (Lipinski definition) is 0. The lowest BCUT2D eigenvalue weighted by Crippen LogP contribution is -2.03. The summed E-state index contributed by atoms with van der Waals surface area (Å²) in [7, 11) is 0. The van der Waals surface area contributed by atoms with Crippen molar-refractivity contribution in [1.82, 2.24) is 24.4 Å². The maximum Gasteiger partial charge on any atom is 0.168 e. The Kier molecular flexibility index (Phi) is 2.96. The molecule has 0 aliphatic carbocycles. The van der Waals surface area contributed by atoms with E-state index in [1.54, 1.807) is 6.20 Å². The Labute approximate surface area is 127 Å². The van der Waals surface area contributed by atoms with Crippen LogP contribution in [0.3, 0.4) is 0 Å². The molecule has 0 bridgehead atoms. The largest absolute Gasteiger partial charge is 0.280 e. The van der Waals surface area contributed by atoms with Gasteiger partial charge in [-0.05, 0) is 30.7 Å². The first-order valence-electron chi connectivity index (χ1n) is 7.19. The molecule has 1 aromatic carbocycles. The maximum atomic E-state index is 4.40. The van der Waals surface area contributed by atoms with Crippen LogP contribution in [0.25, 0.3) is 17.0 Å². The van der Waals surface area contributed by atoms with Gasteiger partial charge in [0.2, 0.25) is 0 Å². The molecule has 0 radical (unpaired) electrons. The van der Waals surface area contributed by atoms with Crippen molar-refractivity contribution in [2.24, 2.45) is 0 Å². The second-order valence-corrected chi connectivity index (χ2v) is 5.25. The average molecular weight is 289 g/mol. The third kappa shape index (κ3) is 2.07. The van der Waals surface area contributed by atoms with Gasteiger partial charge in [-0.2, -0.15) is 5.10 Å². The zero-order valence-electron chi connectivity index (χ0n) is 12.2. The fourth-order valence-electron chi connectivity index (χ4n) is 2.72. The monoisotopic (exact) mass is 289 g/mol. The van der Waals surface area contributed by atoms with Crippen LogP contribution in [-0.4, -0.2) is 24.4 Å². The van der Waals surface area contributed by atoms with Crippen molar-refractivity contribution in [2.75, 3.05) is 0 Å². The SMILES string of the molecule is Cc1cccc2nnc(-c3ccccc3Cn3cccn3)n12. The average Bonchev–Trinajstić information content (AvgIpc) is 3.18. The highest BCUT2D eigenvalue weighted by molar-refractivity contribution is 5.64. The van der Waals surface area contributed by atoms with Crippen LogP contribution in [0.2, 0.25) is 0 Å². The summed E-state index contributed by atoms with van der Waals surface area (Å²) in [4.78, 5) is 0. The minimum atomic E-state index is 0.712. The zero-order chi connectivity index (χ0) is 14.9. The van der Waals surface area contributed by atoms with Gasteiger partial charge in [-0.3, -0.25) is 9.08 Å². The molecule has 4 aromatic rings. The summed E-state index contributed by atoms with van der Waals surface area (Å²) in [6.45, 7) is 2.78. The van der Waals surface area contributed by atoms with Gasteiger partial charge < -0.3 is 0 Å². The molecule has 3 aromatic heterocycles. The van der Waals surface area contributed by atoms with Gasteiger partial charge in [0.25, 0.3) is 0 Å². The zero-order valence-corrected chi connectivity index (χ0v) is 12.2. The van der Waals surface area contributed by atoms with Gasteiger partial charge >= 0.3 is 0 Å². The number of hydrogen-bond acceptors (Lipinski definition) is 3. The van der Waals surface area contributed by atoms with E-state index in [4.69, 9.17) is 0 Å². The summed E-state index contributed by atoms with van der Waals surface area (Å²) in [5.74, 6) is 0.871. The Balaban J connectivity index is 1.88. The molecule has 3 heterocycles. The molecule has 0 spiro atoms. The standard InChI is InChI=1S/C17H15N5/c1-13-6-4-9-16-19-20-17(22(13)16)15-8-3-2-7-14(15)12-21-11-5-10-18-21/h2-11H,12H2,1H3. The van der Waals surface area contributed by atoms with Crippen LogP contribution >= 0.6 is 0 Å². The molecule has 0 atom stereocenters. The van der Waals surface area contributed by atoms with E-state index in [-0.39, 0.29) is 0 Å². The van der Waals surface area contributed by atoms with Crippen LogP contribution < -0.4 is 0 Å². The lowest BCUT2D eigenvalue weighted by atomic mass is 10.1. The molecule has 0 aliphatic heterocycles. The fourth-order valence-corrected chi connectivity index (χ4v) is 2.72. The lowest BCUT2D eigenvalue weighted by Gasteiger charge is -2.09. The second-order valence-electron chi connectivity index (χ2n) is 5.25. The number of nitrogens with zero attached hydrogens (tertiary/aromatic N) is 5. The first-order valence-corrected chi connectivity index (χ1v) is 7.19. The van der Waals surface area contributed by atoms with E-state index < -0.39 is 0 Å². The molecule has 0 N–H and O–H groups in total. The van der Waals surface area contributed by atoms with E-state index in [1.165, 1.54) is 5.56 Å². The van der Waals surface area contributed by atoms with E-state index in [0.717, 1.165) is 22.7 Å². The van der Waals surface area contributed by atoms with E-state index in [9.17, 15) is 0 Å². The van der Waals surface area contributed by atoms with Crippen LogP contribution in [0.15, 0.2) is 60.9 Å². The van der Waals surface area contributed by atoms with Crippen LogP contribution in [0, 0.1) is 6.92 Å². The van der Waals surface area contributed by atoms with E-state index in [0.29, 0.717) is 6.54 Å². The van der Waals surface area contributed by atoms with Crippen molar-refractivity contribution >= 4 is 5.65 Å². The molecule has 0 saturated carbocycles. The molecular formula is C17H15N5. The molecular weight excluding hydrogens is 274 g/mol. The molecule has 0 saturated heterocycles. The quantitative estimate of drug-likeness (QED) is 0.582. The number of rotatable bonds is 3. The van der Waals surface area contributed by atoms with Gasteiger partial charge in [-0.25, -0.2) is 0 Å². The normalized spacial score (nSPS) is 11.1. The Bertz CT molecular complexity index is 921. The molecule has 4 rings (SSSR count). The van der Waals surface area contributed by atoms with E-state index in [2.05, 4.69) is 44.8 Å². The molecule has 5 heteroatoms. The second kappa shape index (κ2) is 5.11. The third-order valence-corrected chi connectivity index (χ3v) is 3.77. The van der Waals surface area contributed by atoms with Gasteiger partial charge in [-0.1, -0.05) is 30.3 Å². The molecule has 5 nitrogen and oxygen atoms in total. The number of fused-ring (bicyclic) bond motifs is 1. The van der Waals surface area contributed by atoms with Crippen LogP contribution in [0.5, 0.6) is 0 Å². The molecule has 0 unspecified atom stereocenters. The fraction of sp³-hybridized carbons (Fsp3) is 0.118. The summed E-state index contributed by atoms with van der Waals surface area (Å²) >= 11 is 0. The predicted molar refractivity (Wildman–Crippen MR) is 84.5 cm³/mol. The number of pyridine rings is 1. The van der Waals surface area contributed by atoms with Gasteiger partial charge in [0, 0.05) is 23.7 Å². The highest BCUT2D eigenvalue weighted by Gasteiger charge is 2.13. The van der Waals surface area contributed by atoms with Crippen molar-refractivity contribution < 1.29 is 0 Å². The van der Waals surface area contributed by atoms with Gasteiger partial charge in [0.1, 0.15) is 0 Å². The van der Waals surface area contributed by atoms with Crippen molar-refractivity contribution in [2.45, 2.75) is 13.5 Å². The van der Waals surface area contributed by atoms with Crippen molar-refractivity contribution in [3.8, 4) is 11.4 Å². The Morgan fingerprint density at radius 3 is 2.73 bits per heavy atom. The van der Waals surface area contributed by atoms with Crippen LogP contribution in [-0.2, 0) is 6.54 Å². The summed E-state index contributed by atoms with van der Waals surface area (Å²) in [5, 5.41) is 13.0. The van der Waals surface area contributed by atoms with Crippen LogP contribution in [0.4, 0.5) is 0 Å². The predicted octanol–water partition coefficient (Wildman–Crippen LogP) is 2.95. The van der Waals surface area contributed by atoms with Crippen molar-refractivity contribution in [1.29, 1.82) is 0 Å². The topological polar surface area (TPSA) is 48.0 Å². The highest BCUT2D eigenvalue weighted by Crippen LogP contribution is 2.24. The Hall–Kier alpha value is -2.95. The number of benzene rings is 1. The summed E-state index contributed by atoms with van der Waals surface area (Å²) in [6.07, 6.45) is 3.75. The molecule has 0 fully saturated rings. The van der Waals surface area contributed by atoms with Gasteiger partial charge in [0.15, 0.2) is 11.5 Å². The van der Waals surface area contributed by atoms with Gasteiger partial charge in [0.05, 0.1) is 6.54 Å². The smallest absolute Gasteiger partial charge is 0.168 e. The summed E-state index contributed by atoms with van der Waals surface area (Å²) < 4.78 is 4.00. The minimum Gasteiger partial charge on any atom is -0.280 e. The lowest BCUT2D eigenvalue weighted by molar-refractivity contribution is 0.687. The molecule has 22 heavy (non-hydrogen) atoms. The number of aromatic nitrogens is 5. The molecule has 0 aliphatic rings. The minimum absolute atomic E-state index is 0.712. The third-order valence-electron chi connectivity index (χ3n) is 3.77. The Morgan fingerprint density at radius 2 is 1.86 bits per heavy atom. The van der Waals surface area contributed by atoms with E-state index >= 15 is 0 Å². The summed E-state index contributed by atoms with van der Waals surface area (Å²) in [5.41, 5.74) is 4.24. The Morgan fingerprint density at radius 1 is 0.955 bits per heavy atom. The highest BCUT2D eigenvalue weighted by atomic mass is 15.3. The van der Waals surface area contributed by atoms with Crippen molar-refractivity contribution in [3.63, 3.8) is 0 Å². The first-order chi connectivity index (χ1) is 10.8. The number of aryl methyl sites for hydroxylation is 1. The summed E-state index contributed by atoms with van der Waals surface area (Å²) in [6, 6.07) is 16.2. The van der Waals surface area contributed by atoms with Crippen molar-refractivity contribution in [3.05, 3.63) is 72.2 Å². The van der Waals surface area contributed by atoms with Crippen LogP contribution in [0.1, 0.15) is 11.3 Å². The molecule has 108 valence electrons. The van der Waals surface area contributed by atoms with E-state index in [1.807, 2.05) is 41.2 Å². The maximum absolute atomic E-state index is 4.40. The first kappa shape index (κ1) is 12.8. The molecule has 0 amide bonds. The van der Waals surface area contributed by atoms with Gasteiger partial charge in [-0.15, -0.1) is 10.2 Å².